The molecule has 122 valence electrons. The van der Waals surface area contributed by atoms with E-state index in [0.29, 0.717) is 5.56 Å². The second kappa shape index (κ2) is 5.57. The Morgan fingerprint density at radius 3 is 1.73 bits per heavy atom. The topological polar surface area (TPSA) is 41.9 Å². The number of aromatic nitrogens is 4. The Bertz CT molecular complexity index is 1140. The van der Waals surface area contributed by atoms with Crippen LogP contribution < -0.4 is 8.80 Å². The highest BCUT2D eigenvalue weighted by molar-refractivity contribution is 5.53. The van der Waals surface area contributed by atoms with E-state index in [1.807, 2.05) is 70.6 Å². The minimum Gasteiger partial charge on any atom is -0.202 e. The van der Waals surface area contributed by atoms with Crippen molar-refractivity contribution in [3.8, 4) is 17.4 Å². The van der Waals surface area contributed by atoms with Crippen LogP contribution >= 0.6 is 0 Å². The molecule has 0 saturated carbocycles. The Balaban J connectivity index is 1.69. The monoisotopic (exact) mass is 337 g/mol. The van der Waals surface area contributed by atoms with Crippen LogP contribution in [-0.2, 0) is 0 Å². The molecule has 5 heteroatoms. The predicted molar refractivity (Wildman–Crippen MR) is 96.1 cm³/mol. The van der Waals surface area contributed by atoms with Crippen LogP contribution in [0.3, 0.4) is 0 Å². The lowest BCUT2D eigenvalue weighted by Crippen LogP contribution is -2.17. The first-order chi connectivity index (χ1) is 12.8. The molecule has 4 heterocycles. The number of benzene rings is 1. The largest absolute Gasteiger partial charge is 0.254 e. The zero-order chi connectivity index (χ0) is 17.5. The Kier molecular flexibility index (Phi) is 3.09. The van der Waals surface area contributed by atoms with Crippen LogP contribution in [0.15, 0.2) is 92.0 Å². The summed E-state index contributed by atoms with van der Waals surface area (Å²) in [5.41, 5.74) is 4.72. The summed E-state index contributed by atoms with van der Waals surface area (Å²) < 4.78 is 8.18. The van der Waals surface area contributed by atoms with Gasteiger partial charge in [-0.25, -0.2) is 17.9 Å². The molecule has 0 bridgehead atoms. The number of hydrogen-bond donors (Lipinski definition) is 0. The van der Waals surface area contributed by atoms with Crippen molar-refractivity contribution in [2.24, 2.45) is 0 Å². The first-order valence-corrected chi connectivity index (χ1v) is 8.32. The Labute approximate surface area is 149 Å². The van der Waals surface area contributed by atoms with Gasteiger partial charge < -0.3 is 0 Å². The molecule has 0 fully saturated rings. The second-order valence-corrected chi connectivity index (χ2v) is 6.22. The van der Waals surface area contributed by atoms with E-state index in [0.717, 1.165) is 22.4 Å². The zero-order valence-corrected chi connectivity index (χ0v) is 13.9. The summed E-state index contributed by atoms with van der Waals surface area (Å²) in [4.78, 5) is 0. The van der Waals surface area contributed by atoms with Crippen molar-refractivity contribution in [3.63, 3.8) is 0 Å². The molecule has 4 aromatic heterocycles. The van der Waals surface area contributed by atoms with Crippen molar-refractivity contribution in [2.75, 3.05) is 0 Å². The lowest BCUT2D eigenvalue weighted by atomic mass is 10.2. The van der Waals surface area contributed by atoms with E-state index in [4.69, 9.17) is 0 Å². The van der Waals surface area contributed by atoms with Gasteiger partial charge in [-0.3, -0.25) is 0 Å². The normalized spacial score (nSPS) is 11.0. The molecule has 0 aliphatic carbocycles. The third-order valence-electron chi connectivity index (χ3n) is 4.51. The fourth-order valence-corrected chi connectivity index (χ4v) is 3.23. The summed E-state index contributed by atoms with van der Waals surface area (Å²) in [7, 11) is 0. The van der Waals surface area contributed by atoms with Crippen LogP contribution in [0.1, 0.15) is 5.56 Å². The van der Waals surface area contributed by atoms with Crippen molar-refractivity contribution in [1.29, 1.82) is 5.26 Å². The van der Waals surface area contributed by atoms with E-state index in [1.165, 1.54) is 0 Å². The van der Waals surface area contributed by atoms with Gasteiger partial charge in [-0.05, 0) is 24.3 Å². The quantitative estimate of drug-likeness (QED) is 0.457. The average molecular weight is 337 g/mol. The summed E-state index contributed by atoms with van der Waals surface area (Å²) >= 11 is 0. The molecule has 0 radical (unpaired) electrons. The van der Waals surface area contributed by atoms with Crippen molar-refractivity contribution >= 4 is 11.0 Å². The molecular weight excluding hydrogens is 322 g/mol. The lowest BCUT2D eigenvalue weighted by Gasteiger charge is -2.00. The molecule has 0 spiro atoms. The second-order valence-electron chi connectivity index (χ2n) is 6.22. The van der Waals surface area contributed by atoms with Gasteiger partial charge in [0.2, 0.25) is 0 Å². The molecule has 0 aliphatic heterocycles. The van der Waals surface area contributed by atoms with Gasteiger partial charge in [-0.15, -0.1) is 0 Å². The lowest BCUT2D eigenvalue weighted by molar-refractivity contribution is -0.512. The molecule has 0 unspecified atom stereocenters. The first kappa shape index (κ1) is 14.4. The van der Waals surface area contributed by atoms with Crippen LogP contribution in [0.25, 0.3) is 22.4 Å². The molecule has 1 aromatic carbocycles. The van der Waals surface area contributed by atoms with E-state index in [9.17, 15) is 5.26 Å². The van der Waals surface area contributed by atoms with Gasteiger partial charge in [0.15, 0.2) is 11.0 Å². The van der Waals surface area contributed by atoms with Gasteiger partial charge in [0.1, 0.15) is 23.8 Å². The van der Waals surface area contributed by atoms with Gasteiger partial charge in [0.25, 0.3) is 12.7 Å². The van der Waals surface area contributed by atoms with E-state index >= 15 is 0 Å². The molecule has 5 aromatic rings. The molecule has 0 atom stereocenters. The van der Waals surface area contributed by atoms with Gasteiger partial charge in [-0.2, -0.15) is 5.26 Å². The third kappa shape index (κ3) is 2.33. The molecule has 0 N–H and O–H groups in total. The summed E-state index contributed by atoms with van der Waals surface area (Å²) in [5.74, 6) is 0. The minimum atomic E-state index is 0.628. The summed E-state index contributed by atoms with van der Waals surface area (Å²) in [6.45, 7) is 0. The van der Waals surface area contributed by atoms with Crippen molar-refractivity contribution in [3.05, 3.63) is 97.6 Å². The molecule has 26 heavy (non-hydrogen) atoms. The Morgan fingerprint density at radius 1 is 0.731 bits per heavy atom. The number of nitrogens with zero attached hydrogens (tertiary/aromatic N) is 5. The van der Waals surface area contributed by atoms with E-state index < -0.39 is 0 Å². The SMILES string of the molecule is N#Cc1cc(-n2cc3cccc[n+]3c2)cc(-n2cc3cccc[n+]3c2)c1. The van der Waals surface area contributed by atoms with Crippen molar-refractivity contribution in [1.82, 2.24) is 9.13 Å². The smallest absolute Gasteiger partial charge is 0.202 e. The highest BCUT2D eigenvalue weighted by atomic mass is 15.1. The fourth-order valence-electron chi connectivity index (χ4n) is 3.23. The molecule has 5 nitrogen and oxygen atoms in total. The number of imidazole rings is 2. The molecule has 0 amide bonds. The summed E-state index contributed by atoms with van der Waals surface area (Å²) in [5, 5.41) is 9.48. The highest BCUT2D eigenvalue weighted by Gasteiger charge is 2.15. The molecule has 5 rings (SSSR count). The molecule has 0 saturated heterocycles. The van der Waals surface area contributed by atoms with Gasteiger partial charge in [-0.1, -0.05) is 12.1 Å². The fraction of sp³-hybridized carbons (Fsp3) is 0. The Morgan fingerprint density at radius 2 is 1.27 bits per heavy atom. The van der Waals surface area contributed by atoms with Crippen LogP contribution in [0.4, 0.5) is 0 Å². The van der Waals surface area contributed by atoms with Crippen molar-refractivity contribution < 1.29 is 8.80 Å². The van der Waals surface area contributed by atoms with Crippen LogP contribution in [0.5, 0.6) is 0 Å². The summed E-state index contributed by atoms with van der Waals surface area (Å²) in [6, 6.07) is 20.3. The van der Waals surface area contributed by atoms with Crippen LogP contribution in [0, 0.1) is 11.3 Å². The van der Waals surface area contributed by atoms with Crippen LogP contribution in [-0.4, -0.2) is 9.13 Å². The number of nitriles is 1. The minimum absolute atomic E-state index is 0.628. The highest BCUT2D eigenvalue weighted by Crippen LogP contribution is 2.18. The number of fused-ring (bicyclic) bond motifs is 2. The molecular formula is C21H15N5+2. The third-order valence-corrected chi connectivity index (χ3v) is 4.51. The van der Waals surface area contributed by atoms with E-state index in [2.05, 4.69) is 45.5 Å². The van der Waals surface area contributed by atoms with Gasteiger partial charge in [0.05, 0.1) is 24.0 Å². The Hall–Kier alpha value is -3.91. The maximum Gasteiger partial charge on any atom is 0.254 e. The van der Waals surface area contributed by atoms with Gasteiger partial charge >= 0.3 is 0 Å². The van der Waals surface area contributed by atoms with Crippen molar-refractivity contribution in [2.45, 2.75) is 0 Å². The van der Waals surface area contributed by atoms with E-state index in [-0.39, 0.29) is 0 Å². The maximum atomic E-state index is 9.48. The standard InChI is InChI=1S/C21H15N5/c22-12-17-9-20(25-13-18-5-1-3-7-23(18)15-25)11-21(10-17)26-14-19-6-2-4-8-24(19)16-26/h1-11,13-16H/q+2. The zero-order valence-electron chi connectivity index (χ0n) is 13.9. The first-order valence-electron chi connectivity index (χ1n) is 8.32. The molecule has 0 aliphatic rings. The van der Waals surface area contributed by atoms with E-state index in [1.54, 1.807) is 0 Å². The number of hydrogen-bond acceptors (Lipinski definition) is 1. The summed E-state index contributed by atoms with van der Waals surface area (Å²) in [6.07, 6.45) is 12.2. The van der Waals surface area contributed by atoms with Gasteiger partial charge in [0, 0.05) is 18.2 Å². The number of rotatable bonds is 2. The maximum absolute atomic E-state index is 9.48. The predicted octanol–water partition coefficient (Wildman–Crippen LogP) is 2.62. The van der Waals surface area contributed by atoms with Crippen LogP contribution in [0.2, 0.25) is 0 Å². The average Bonchev–Trinajstić information content (AvgIpc) is 3.31. The number of pyridine rings is 2.